The molecule has 1 atom stereocenters. The molecule has 0 aromatic carbocycles. The SMILES string of the molecule is CCCc1nc([C@H]2CN(C(=O)Cc3ccc(C)nc3)CCO2)n[nH]1. The Labute approximate surface area is 141 Å². The molecule has 0 radical (unpaired) electrons. The molecule has 0 aliphatic carbocycles. The van der Waals surface area contributed by atoms with Gasteiger partial charge >= 0.3 is 0 Å². The number of aryl methyl sites for hydroxylation is 2. The number of morpholine rings is 1. The zero-order valence-electron chi connectivity index (χ0n) is 14.2. The van der Waals surface area contributed by atoms with Crippen LogP contribution in [0.5, 0.6) is 0 Å². The molecule has 1 saturated heterocycles. The Morgan fingerprint density at radius 2 is 2.33 bits per heavy atom. The molecule has 0 bridgehead atoms. The number of hydrogen-bond donors (Lipinski definition) is 1. The van der Waals surface area contributed by atoms with Crippen LogP contribution in [0.2, 0.25) is 0 Å². The second-order valence-corrected chi connectivity index (χ2v) is 6.07. The first kappa shape index (κ1) is 16.6. The fraction of sp³-hybridized carbons (Fsp3) is 0.529. The summed E-state index contributed by atoms with van der Waals surface area (Å²) in [6.45, 7) is 5.62. The van der Waals surface area contributed by atoms with E-state index in [1.165, 1.54) is 0 Å². The standard InChI is InChI=1S/C17H23N5O2/c1-3-4-15-19-17(21-20-15)14-11-22(7-8-24-14)16(23)9-13-6-5-12(2)18-10-13/h5-6,10,14H,3-4,7-9,11H2,1-2H3,(H,19,20,21)/t14-/m1/s1. The lowest BCUT2D eigenvalue weighted by molar-refractivity contribution is -0.138. The minimum absolute atomic E-state index is 0.0817. The van der Waals surface area contributed by atoms with Crippen molar-refractivity contribution < 1.29 is 9.53 Å². The highest BCUT2D eigenvalue weighted by Gasteiger charge is 2.28. The van der Waals surface area contributed by atoms with Crippen molar-refractivity contribution >= 4 is 5.91 Å². The highest BCUT2D eigenvalue weighted by Crippen LogP contribution is 2.20. The fourth-order valence-corrected chi connectivity index (χ4v) is 2.72. The summed E-state index contributed by atoms with van der Waals surface area (Å²) in [4.78, 5) is 23.1. The highest BCUT2D eigenvalue weighted by atomic mass is 16.5. The first-order chi connectivity index (χ1) is 11.7. The number of rotatable bonds is 5. The lowest BCUT2D eigenvalue weighted by Gasteiger charge is -2.31. The van der Waals surface area contributed by atoms with E-state index in [2.05, 4.69) is 27.1 Å². The monoisotopic (exact) mass is 329 g/mol. The van der Waals surface area contributed by atoms with E-state index in [9.17, 15) is 4.79 Å². The first-order valence-electron chi connectivity index (χ1n) is 8.37. The number of hydrogen-bond acceptors (Lipinski definition) is 5. The average molecular weight is 329 g/mol. The maximum Gasteiger partial charge on any atom is 0.227 e. The minimum atomic E-state index is -0.263. The largest absolute Gasteiger partial charge is 0.366 e. The third-order valence-corrected chi connectivity index (χ3v) is 4.07. The number of nitrogens with zero attached hydrogens (tertiary/aromatic N) is 4. The van der Waals surface area contributed by atoms with Gasteiger partial charge < -0.3 is 9.64 Å². The van der Waals surface area contributed by atoms with Crippen molar-refractivity contribution in [2.45, 2.75) is 39.2 Å². The van der Waals surface area contributed by atoms with Gasteiger partial charge in [0.15, 0.2) is 5.82 Å². The highest BCUT2D eigenvalue weighted by molar-refractivity contribution is 5.78. The van der Waals surface area contributed by atoms with Gasteiger partial charge in [-0.15, -0.1) is 0 Å². The molecule has 2 aromatic rings. The van der Waals surface area contributed by atoms with Gasteiger partial charge in [0.25, 0.3) is 0 Å². The number of pyridine rings is 1. The summed E-state index contributed by atoms with van der Waals surface area (Å²) in [7, 11) is 0. The molecule has 1 fully saturated rings. The summed E-state index contributed by atoms with van der Waals surface area (Å²) in [5.41, 5.74) is 1.88. The van der Waals surface area contributed by atoms with E-state index in [-0.39, 0.29) is 12.0 Å². The lowest BCUT2D eigenvalue weighted by atomic mass is 10.1. The Morgan fingerprint density at radius 3 is 3.08 bits per heavy atom. The zero-order chi connectivity index (χ0) is 16.9. The van der Waals surface area contributed by atoms with Crippen LogP contribution in [0.1, 0.15) is 42.4 Å². The molecule has 2 aromatic heterocycles. The van der Waals surface area contributed by atoms with Crippen molar-refractivity contribution in [2.75, 3.05) is 19.7 Å². The maximum atomic E-state index is 12.5. The summed E-state index contributed by atoms with van der Waals surface area (Å²) < 4.78 is 5.75. The van der Waals surface area contributed by atoms with Gasteiger partial charge in [-0.1, -0.05) is 13.0 Å². The van der Waals surface area contributed by atoms with Crippen LogP contribution in [-0.2, 0) is 22.4 Å². The third kappa shape index (κ3) is 3.97. The van der Waals surface area contributed by atoms with Gasteiger partial charge in [0.2, 0.25) is 5.91 Å². The molecule has 7 nitrogen and oxygen atoms in total. The molecule has 1 aliphatic heterocycles. The predicted octanol–water partition coefficient (Wildman–Crippen LogP) is 1.60. The van der Waals surface area contributed by atoms with Crippen molar-refractivity contribution in [3.05, 3.63) is 41.2 Å². The predicted molar refractivity (Wildman–Crippen MR) is 88.3 cm³/mol. The van der Waals surface area contributed by atoms with Crippen LogP contribution in [0.15, 0.2) is 18.3 Å². The van der Waals surface area contributed by atoms with Gasteiger partial charge in [0.05, 0.1) is 19.6 Å². The molecular formula is C17H23N5O2. The molecule has 7 heteroatoms. The molecule has 128 valence electrons. The number of carbonyl (C=O) groups excluding carboxylic acids is 1. The number of aromatic nitrogens is 4. The van der Waals surface area contributed by atoms with Crippen LogP contribution < -0.4 is 0 Å². The van der Waals surface area contributed by atoms with Crippen molar-refractivity contribution in [1.82, 2.24) is 25.1 Å². The van der Waals surface area contributed by atoms with Crippen LogP contribution in [0, 0.1) is 6.92 Å². The van der Waals surface area contributed by atoms with E-state index >= 15 is 0 Å². The fourth-order valence-electron chi connectivity index (χ4n) is 2.72. The smallest absolute Gasteiger partial charge is 0.227 e. The van der Waals surface area contributed by atoms with Gasteiger partial charge in [-0.25, -0.2) is 4.98 Å². The van der Waals surface area contributed by atoms with Gasteiger partial charge in [-0.05, 0) is 25.0 Å². The van der Waals surface area contributed by atoms with Crippen molar-refractivity contribution in [2.24, 2.45) is 0 Å². The molecule has 1 N–H and O–H groups in total. The quantitative estimate of drug-likeness (QED) is 0.901. The number of H-pyrrole nitrogens is 1. The molecule has 0 spiro atoms. The van der Waals surface area contributed by atoms with Crippen LogP contribution in [0.4, 0.5) is 0 Å². The van der Waals surface area contributed by atoms with E-state index < -0.39 is 0 Å². The Bertz CT molecular complexity index is 683. The van der Waals surface area contributed by atoms with Crippen molar-refractivity contribution in [1.29, 1.82) is 0 Å². The Kier molecular flexibility index (Phi) is 5.20. The maximum absolute atomic E-state index is 12.5. The van der Waals surface area contributed by atoms with Crippen molar-refractivity contribution in [3.63, 3.8) is 0 Å². The second-order valence-electron chi connectivity index (χ2n) is 6.07. The minimum Gasteiger partial charge on any atom is -0.366 e. The van der Waals surface area contributed by atoms with E-state index in [4.69, 9.17) is 4.74 Å². The number of amides is 1. The van der Waals surface area contributed by atoms with E-state index in [0.29, 0.717) is 31.9 Å². The van der Waals surface area contributed by atoms with Gasteiger partial charge in [0.1, 0.15) is 11.9 Å². The number of ether oxygens (including phenoxy) is 1. The zero-order valence-corrected chi connectivity index (χ0v) is 14.2. The number of carbonyl (C=O) groups is 1. The molecule has 1 aliphatic rings. The van der Waals surface area contributed by atoms with Gasteiger partial charge in [-0.3, -0.25) is 14.9 Å². The Balaban J connectivity index is 1.61. The molecule has 1 amide bonds. The van der Waals surface area contributed by atoms with Gasteiger partial charge in [0, 0.05) is 24.9 Å². The van der Waals surface area contributed by atoms with Crippen LogP contribution >= 0.6 is 0 Å². The van der Waals surface area contributed by atoms with Crippen LogP contribution in [0.3, 0.4) is 0 Å². The summed E-state index contributed by atoms with van der Waals surface area (Å²) >= 11 is 0. The molecule has 3 heterocycles. The number of nitrogens with one attached hydrogen (secondary N) is 1. The third-order valence-electron chi connectivity index (χ3n) is 4.07. The number of aromatic amines is 1. The van der Waals surface area contributed by atoms with E-state index in [1.807, 2.05) is 24.0 Å². The average Bonchev–Trinajstić information content (AvgIpc) is 3.06. The first-order valence-corrected chi connectivity index (χ1v) is 8.37. The molecule has 24 heavy (non-hydrogen) atoms. The summed E-state index contributed by atoms with van der Waals surface area (Å²) in [5.74, 6) is 1.58. The summed E-state index contributed by atoms with van der Waals surface area (Å²) in [6, 6.07) is 3.87. The Morgan fingerprint density at radius 1 is 1.46 bits per heavy atom. The van der Waals surface area contributed by atoms with E-state index in [1.54, 1.807) is 6.20 Å². The summed E-state index contributed by atoms with van der Waals surface area (Å²) in [6.07, 6.45) is 3.73. The molecule has 0 saturated carbocycles. The second kappa shape index (κ2) is 7.53. The van der Waals surface area contributed by atoms with Crippen LogP contribution in [-0.4, -0.2) is 50.7 Å². The normalized spacial score (nSPS) is 17.9. The summed E-state index contributed by atoms with van der Waals surface area (Å²) in [5, 5.41) is 7.18. The Hall–Kier alpha value is -2.28. The van der Waals surface area contributed by atoms with Crippen LogP contribution in [0.25, 0.3) is 0 Å². The van der Waals surface area contributed by atoms with Crippen molar-refractivity contribution in [3.8, 4) is 0 Å². The van der Waals surface area contributed by atoms with Gasteiger partial charge in [-0.2, -0.15) is 5.10 Å². The lowest BCUT2D eigenvalue weighted by Crippen LogP contribution is -2.43. The topological polar surface area (TPSA) is 84.0 Å². The van der Waals surface area contributed by atoms with E-state index in [0.717, 1.165) is 29.9 Å². The molecule has 0 unspecified atom stereocenters. The molecular weight excluding hydrogens is 306 g/mol. The molecule has 3 rings (SSSR count).